The lowest BCUT2D eigenvalue weighted by molar-refractivity contribution is 0.0697. The van der Waals surface area contributed by atoms with Crippen molar-refractivity contribution in [2.45, 2.75) is 26.5 Å². The number of hydrogen-bond acceptors (Lipinski definition) is 5. The zero-order chi connectivity index (χ0) is 13.8. The van der Waals surface area contributed by atoms with Crippen LogP contribution in [0.2, 0.25) is 0 Å². The Balaban J connectivity index is 2.42. The average molecular weight is 281 g/mol. The van der Waals surface area contributed by atoms with Gasteiger partial charge < -0.3 is 14.4 Å². The molecule has 2 heterocycles. The first-order chi connectivity index (χ1) is 9.17. The lowest BCUT2D eigenvalue weighted by Crippen LogP contribution is -2.00. The highest BCUT2D eigenvalue weighted by Gasteiger charge is 2.19. The SMILES string of the molecule is CCCn1cncc1-c1nc(COC)c(C(=O)O)s1. The van der Waals surface area contributed by atoms with E-state index in [0.29, 0.717) is 10.7 Å². The second-order valence-corrected chi connectivity index (χ2v) is 5.00. The van der Waals surface area contributed by atoms with E-state index in [9.17, 15) is 4.79 Å². The van der Waals surface area contributed by atoms with Crippen molar-refractivity contribution >= 4 is 17.3 Å². The highest BCUT2D eigenvalue weighted by molar-refractivity contribution is 7.17. The van der Waals surface area contributed by atoms with E-state index in [1.165, 1.54) is 7.11 Å². The number of ether oxygens (including phenoxy) is 1. The molecule has 0 unspecified atom stereocenters. The van der Waals surface area contributed by atoms with Crippen molar-refractivity contribution in [3.05, 3.63) is 23.1 Å². The van der Waals surface area contributed by atoms with Crippen LogP contribution in [0.1, 0.15) is 28.7 Å². The number of rotatable bonds is 6. The number of imidazole rings is 1. The van der Waals surface area contributed by atoms with Gasteiger partial charge in [-0.2, -0.15) is 0 Å². The lowest BCUT2D eigenvalue weighted by atomic mass is 10.3. The van der Waals surface area contributed by atoms with Crippen molar-refractivity contribution < 1.29 is 14.6 Å². The fraction of sp³-hybridized carbons (Fsp3) is 0.417. The third-order valence-corrected chi connectivity index (χ3v) is 3.68. The second kappa shape index (κ2) is 5.94. The average Bonchev–Trinajstić information content (AvgIpc) is 2.96. The fourth-order valence-corrected chi connectivity index (χ4v) is 2.71. The highest BCUT2D eigenvalue weighted by atomic mass is 32.1. The van der Waals surface area contributed by atoms with Gasteiger partial charge in [-0.05, 0) is 6.42 Å². The largest absolute Gasteiger partial charge is 0.477 e. The Kier molecular flexibility index (Phi) is 4.28. The van der Waals surface area contributed by atoms with Crippen molar-refractivity contribution in [1.29, 1.82) is 0 Å². The summed E-state index contributed by atoms with van der Waals surface area (Å²) in [7, 11) is 1.52. The topological polar surface area (TPSA) is 77.2 Å². The Labute approximate surface area is 114 Å². The number of thiazole rings is 1. The molecule has 102 valence electrons. The number of methoxy groups -OCH3 is 1. The molecule has 2 aromatic rings. The molecule has 19 heavy (non-hydrogen) atoms. The maximum atomic E-state index is 11.2. The molecule has 0 saturated carbocycles. The molecule has 0 aliphatic rings. The number of carboxylic acids is 1. The van der Waals surface area contributed by atoms with Gasteiger partial charge in [0.1, 0.15) is 9.88 Å². The van der Waals surface area contributed by atoms with Gasteiger partial charge >= 0.3 is 5.97 Å². The molecule has 0 saturated heterocycles. The zero-order valence-corrected chi connectivity index (χ0v) is 11.6. The molecule has 6 nitrogen and oxygen atoms in total. The van der Waals surface area contributed by atoms with Crippen LogP contribution in [0, 0.1) is 0 Å². The monoisotopic (exact) mass is 281 g/mol. The first-order valence-electron chi connectivity index (χ1n) is 5.89. The van der Waals surface area contributed by atoms with Crippen LogP contribution in [0.25, 0.3) is 10.7 Å². The summed E-state index contributed by atoms with van der Waals surface area (Å²) < 4.78 is 6.96. The van der Waals surface area contributed by atoms with Crippen molar-refractivity contribution in [2.24, 2.45) is 0 Å². The van der Waals surface area contributed by atoms with Crippen molar-refractivity contribution in [2.75, 3.05) is 7.11 Å². The van der Waals surface area contributed by atoms with E-state index in [0.717, 1.165) is 30.0 Å². The molecular weight excluding hydrogens is 266 g/mol. The van der Waals surface area contributed by atoms with E-state index in [1.807, 2.05) is 4.57 Å². The van der Waals surface area contributed by atoms with Crippen LogP contribution in [0.15, 0.2) is 12.5 Å². The molecule has 1 N–H and O–H groups in total. The summed E-state index contributed by atoms with van der Waals surface area (Å²) in [5, 5.41) is 9.83. The molecule has 0 fully saturated rings. The van der Waals surface area contributed by atoms with Crippen LogP contribution < -0.4 is 0 Å². The molecule has 0 bridgehead atoms. The molecule has 2 rings (SSSR count). The molecule has 0 aliphatic carbocycles. The van der Waals surface area contributed by atoms with Crippen LogP contribution in [-0.2, 0) is 17.9 Å². The molecule has 0 aromatic carbocycles. The van der Waals surface area contributed by atoms with Gasteiger partial charge in [0, 0.05) is 13.7 Å². The van der Waals surface area contributed by atoms with Gasteiger partial charge in [0.15, 0.2) is 0 Å². The van der Waals surface area contributed by atoms with Gasteiger partial charge in [0.05, 0.1) is 30.5 Å². The van der Waals surface area contributed by atoms with Gasteiger partial charge in [-0.1, -0.05) is 6.92 Å². The third kappa shape index (κ3) is 2.82. The Bertz CT molecular complexity index is 577. The molecule has 0 amide bonds. The van der Waals surface area contributed by atoms with Gasteiger partial charge in [-0.25, -0.2) is 14.8 Å². The number of carbonyl (C=O) groups is 1. The van der Waals surface area contributed by atoms with E-state index in [1.54, 1.807) is 12.5 Å². The number of hydrogen-bond donors (Lipinski definition) is 1. The first kappa shape index (κ1) is 13.7. The molecule has 7 heteroatoms. The minimum Gasteiger partial charge on any atom is -0.477 e. The summed E-state index contributed by atoms with van der Waals surface area (Å²) in [6, 6.07) is 0. The van der Waals surface area contributed by atoms with Crippen LogP contribution in [0.4, 0.5) is 0 Å². The zero-order valence-electron chi connectivity index (χ0n) is 10.8. The van der Waals surface area contributed by atoms with E-state index in [-0.39, 0.29) is 11.5 Å². The first-order valence-corrected chi connectivity index (χ1v) is 6.71. The van der Waals surface area contributed by atoms with Gasteiger partial charge in [0.25, 0.3) is 0 Å². The Morgan fingerprint density at radius 2 is 2.37 bits per heavy atom. The molecule has 0 aliphatic heterocycles. The predicted octanol–water partition coefficient (Wildman–Crippen LogP) is 2.26. The van der Waals surface area contributed by atoms with E-state index in [4.69, 9.17) is 9.84 Å². The van der Waals surface area contributed by atoms with E-state index in [2.05, 4.69) is 16.9 Å². The minimum atomic E-state index is -0.975. The Hall–Kier alpha value is -1.73. The van der Waals surface area contributed by atoms with Gasteiger partial charge in [-0.3, -0.25) is 0 Å². The smallest absolute Gasteiger partial charge is 0.347 e. The number of nitrogens with zero attached hydrogens (tertiary/aromatic N) is 3. The lowest BCUT2D eigenvalue weighted by Gasteiger charge is -2.02. The van der Waals surface area contributed by atoms with Crippen molar-refractivity contribution in [3.8, 4) is 10.7 Å². The van der Waals surface area contributed by atoms with E-state index < -0.39 is 5.97 Å². The standard InChI is InChI=1S/C12H15N3O3S/c1-3-4-15-7-13-5-9(15)11-14-8(6-18-2)10(19-11)12(16)17/h5,7H,3-4,6H2,1-2H3,(H,16,17). The molecule has 0 atom stereocenters. The van der Waals surface area contributed by atoms with Crippen LogP contribution in [0.3, 0.4) is 0 Å². The number of aromatic carboxylic acids is 1. The van der Waals surface area contributed by atoms with Crippen molar-refractivity contribution in [1.82, 2.24) is 14.5 Å². The minimum absolute atomic E-state index is 0.194. The summed E-state index contributed by atoms with van der Waals surface area (Å²) in [5.74, 6) is -0.975. The fourth-order valence-electron chi connectivity index (χ4n) is 1.78. The molecule has 2 aromatic heterocycles. The summed E-state index contributed by atoms with van der Waals surface area (Å²) in [6.45, 7) is 3.10. The Morgan fingerprint density at radius 3 is 3.00 bits per heavy atom. The third-order valence-electron chi connectivity index (χ3n) is 2.57. The normalized spacial score (nSPS) is 10.8. The Morgan fingerprint density at radius 1 is 1.58 bits per heavy atom. The van der Waals surface area contributed by atoms with Crippen LogP contribution >= 0.6 is 11.3 Å². The van der Waals surface area contributed by atoms with Crippen LogP contribution in [0.5, 0.6) is 0 Å². The summed E-state index contributed by atoms with van der Waals surface area (Å²) in [5.41, 5.74) is 1.30. The van der Waals surface area contributed by atoms with Crippen LogP contribution in [-0.4, -0.2) is 32.7 Å². The number of carboxylic acid groups (broad SMARTS) is 1. The maximum Gasteiger partial charge on any atom is 0.347 e. The summed E-state index contributed by atoms with van der Waals surface area (Å²) in [4.78, 5) is 19.9. The summed E-state index contributed by atoms with van der Waals surface area (Å²) in [6.07, 6.45) is 4.42. The predicted molar refractivity (Wildman–Crippen MR) is 71.3 cm³/mol. The molecule has 0 spiro atoms. The molecule has 0 radical (unpaired) electrons. The summed E-state index contributed by atoms with van der Waals surface area (Å²) >= 11 is 1.15. The number of aromatic nitrogens is 3. The highest BCUT2D eigenvalue weighted by Crippen LogP contribution is 2.28. The second-order valence-electron chi connectivity index (χ2n) is 4.01. The number of aryl methyl sites for hydroxylation is 1. The van der Waals surface area contributed by atoms with Crippen molar-refractivity contribution in [3.63, 3.8) is 0 Å². The maximum absolute atomic E-state index is 11.2. The van der Waals surface area contributed by atoms with Gasteiger partial charge in [-0.15, -0.1) is 11.3 Å². The van der Waals surface area contributed by atoms with E-state index >= 15 is 0 Å². The quantitative estimate of drug-likeness (QED) is 0.878. The van der Waals surface area contributed by atoms with Gasteiger partial charge in [0.2, 0.25) is 0 Å². The molecular formula is C12H15N3O3S.